The molecule has 0 aromatic heterocycles. The number of rotatable bonds is 8. The molecule has 0 radical (unpaired) electrons. The zero-order chi connectivity index (χ0) is 25.1. The number of allylic oxidation sites excluding steroid dienone is 2. The summed E-state index contributed by atoms with van der Waals surface area (Å²) in [6, 6.07) is 6.69. The van der Waals surface area contributed by atoms with Crippen LogP contribution in [0, 0.1) is 28.6 Å². The molecule has 5 heteroatoms. The highest BCUT2D eigenvalue weighted by Gasteiger charge is 2.56. The lowest BCUT2D eigenvalue weighted by atomic mass is 9.47. The molecule has 2 aliphatic rings. The molecule has 0 unspecified atom stereocenters. The highest BCUT2D eigenvalue weighted by Crippen LogP contribution is 2.61. The lowest BCUT2D eigenvalue weighted by molar-refractivity contribution is -0.169. The second-order valence-electron chi connectivity index (χ2n) is 11.3. The molecule has 34 heavy (non-hydrogen) atoms. The van der Waals surface area contributed by atoms with Crippen LogP contribution in [-0.4, -0.2) is 28.3 Å². The molecule has 3 rings (SSSR count). The van der Waals surface area contributed by atoms with E-state index in [0.29, 0.717) is 11.8 Å². The predicted molar refractivity (Wildman–Crippen MR) is 134 cm³/mol. The molecule has 1 aromatic rings. The summed E-state index contributed by atoms with van der Waals surface area (Å²) in [6.07, 6.45) is 10.3. The summed E-state index contributed by atoms with van der Waals surface area (Å²) >= 11 is 0. The van der Waals surface area contributed by atoms with Crippen molar-refractivity contribution in [2.75, 3.05) is 0 Å². The minimum atomic E-state index is -0.726. The van der Waals surface area contributed by atoms with E-state index in [2.05, 4.69) is 33.8 Å². The van der Waals surface area contributed by atoms with E-state index in [-0.39, 0.29) is 41.0 Å². The van der Waals surface area contributed by atoms with Crippen LogP contribution in [0.3, 0.4) is 0 Å². The van der Waals surface area contributed by atoms with Crippen LogP contribution in [0.2, 0.25) is 0 Å². The SMILES string of the molecule is CC1=CC[C@H]2C(C)(C)[C@H](OC(=O)/C=C/c3ccc(O)cc3)CC[C@]2(C)[C@H]1CC[C@H](C)CC(=O)O. The molecule has 0 bridgehead atoms. The topological polar surface area (TPSA) is 83.8 Å². The fourth-order valence-corrected chi connectivity index (χ4v) is 6.57. The first kappa shape index (κ1) is 26.1. The van der Waals surface area contributed by atoms with Gasteiger partial charge in [-0.1, -0.05) is 51.5 Å². The summed E-state index contributed by atoms with van der Waals surface area (Å²) in [6.45, 7) is 11.1. The number of benzene rings is 1. The Morgan fingerprint density at radius 2 is 1.88 bits per heavy atom. The van der Waals surface area contributed by atoms with Gasteiger partial charge >= 0.3 is 11.9 Å². The van der Waals surface area contributed by atoms with Gasteiger partial charge in [0.2, 0.25) is 0 Å². The molecule has 186 valence electrons. The van der Waals surface area contributed by atoms with Crippen LogP contribution in [0.1, 0.15) is 78.7 Å². The molecule has 5 atom stereocenters. The number of hydrogen-bond donors (Lipinski definition) is 2. The van der Waals surface area contributed by atoms with Gasteiger partial charge in [0, 0.05) is 17.9 Å². The molecule has 5 nitrogen and oxygen atoms in total. The zero-order valence-corrected chi connectivity index (χ0v) is 21.2. The van der Waals surface area contributed by atoms with Crippen LogP contribution in [0.5, 0.6) is 5.75 Å². The van der Waals surface area contributed by atoms with E-state index >= 15 is 0 Å². The van der Waals surface area contributed by atoms with Crippen LogP contribution in [0.4, 0.5) is 0 Å². The maximum Gasteiger partial charge on any atom is 0.331 e. The Hall–Kier alpha value is -2.56. The normalized spacial score (nSPS) is 29.2. The summed E-state index contributed by atoms with van der Waals surface area (Å²) in [5.41, 5.74) is 2.19. The number of ether oxygens (including phenoxy) is 1. The van der Waals surface area contributed by atoms with Gasteiger partial charge in [0.25, 0.3) is 0 Å². The fourth-order valence-electron chi connectivity index (χ4n) is 6.57. The molecule has 1 saturated carbocycles. The van der Waals surface area contributed by atoms with E-state index in [9.17, 15) is 14.7 Å². The van der Waals surface area contributed by atoms with E-state index in [1.807, 2.05) is 6.92 Å². The number of aliphatic carboxylic acids is 1. The molecule has 2 N–H and O–H groups in total. The maximum absolute atomic E-state index is 12.6. The van der Waals surface area contributed by atoms with Gasteiger partial charge in [0.15, 0.2) is 0 Å². The largest absolute Gasteiger partial charge is 0.508 e. The molecule has 2 aliphatic carbocycles. The number of carbonyl (C=O) groups is 2. The van der Waals surface area contributed by atoms with Crippen molar-refractivity contribution in [3.63, 3.8) is 0 Å². The van der Waals surface area contributed by atoms with Gasteiger partial charge in [0.1, 0.15) is 11.9 Å². The average molecular weight is 469 g/mol. The molecule has 1 aromatic carbocycles. The van der Waals surface area contributed by atoms with Crippen molar-refractivity contribution < 1.29 is 24.5 Å². The predicted octanol–water partition coefficient (Wildman–Crippen LogP) is 6.62. The third kappa shape index (κ3) is 5.73. The molecule has 0 heterocycles. The minimum Gasteiger partial charge on any atom is -0.508 e. The van der Waals surface area contributed by atoms with Crippen molar-refractivity contribution >= 4 is 18.0 Å². The Kier molecular flexibility index (Phi) is 7.95. The fraction of sp³-hybridized carbons (Fsp3) is 0.586. The number of esters is 1. The van der Waals surface area contributed by atoms with Crippen molar-refractivity contribution in [1.29, 1.82) is 0 Å². The summed E-state index contributed by atoms with van der Waals surface area (Å²) in [5, 5.41) is 18.5. The van der Waals surface area contributed by atoms with Crippen LogP contribution in [-0.2, 0) is 14.3 Å². The van der Waals surface area contributed by atoms with Gasteiger partial charge in [-0.3, -0.25) is 4.79 Å². The van der Waals surface area contributed by atoms with Crippen LogP contribution in [0.15, 0.2) is 42.0 Å². The number of aromatic hydroxyl groups is 1. The van der Waals surface area contributed by atoms with E-state index < -0.39 is 5.97 Å². The summed E-state index contributed by atoms with van der Waals surface area (Å²) in [7, 11) is 0. The van der Waals surface area contributed by atoms with E-state index in [4.69, 9.17) is 9.84 Å². The number of phenolic OH excluding ortho intramolecular Hbond substituents is 1. The van der Waals surface area contributed by atoms with Gasteiger partial charge in [-0.2, -0.15) is 0 Å². The van der Waals surface area contributed by atoms with Gasteiger partial charge in [-0.25, -0.2) is 4.79 Å². The van der Waals surface area contributed by atoms with E-state index in [1.165, 1.54) is 11.6 Å². The lowest BCUT2D eigenvalue weighted by Crippen LogP contribution is -2.55. The van der Waals surface area contributed by atoms with Gasteiger partial charge in [-0.15, -0.1) is 0 Å². The second-order valence-corrected chi connectivity index (χ2v) is 11.3. The molecular weight excluding hydrogens is 428 g/mol. The first-order valence-corrected chi connectivity index (χ1v) is 12.5. The number of hydrogen-bond acceptors (Lipinski definition) is 4. The molecule has 1 fully saturated rings. The average Bonchev–Trinajstić information content (AvgIpc) is 2.74. The number of carboxylic acids is 1. The van der Waals surface area contributed by atoms with E-state index in [1.54, 1.807) is 30.3 Å². The monoisotopic (exact) mass is 468 g/mol. The highest BCUT2D eigenvalue weighted by molar-refractivity contribution is 5.87. The van der Waals surface area contributed by atoms with Crippen molar-refractivity contribution in [3.05, 3.63) is 47.6 Å². The standard InChI is InChI=1S/C29H40O5/c1-19(18-26(31)32)6-13-23-20(2)7-14-24-28(3,4)25(16-17-29(23,24)5)34-27(33)15-10-21-8-11-22(30)12-9-21/h7-12,15,19,23-25,30H,6,13-14,16-18H2,1-5H3,(H,31,32)/b15-10+/t19-,23-,24-,25+,29+/m0/s1. The van der Waals surface area contributed by atoms with Crippen LogP contribution < -0.4 is 0 Å². The molecule has 0 spiro atoms. The quantitative estimate of drug-likeness (QED) is 0.254. The summed E-state index contributed by atoms with van der Waals surface area (Å²) < 4.78 is 5.99. The molecular formula is C29H40O5. The number of phenols is 1. The summed E-state index contributed by atoms with van der Waals surface area (Å²) in [4.78, 5) is 23.7. The Morgan fingerprint density at radius 1 is 1.21 bits per heavy atom. The summed E-state index contributed by atoms with van der Waals surface area (Å²) in [5.74, 6) is 0.105. The van der Waals surface area contributed by atoms with Crippen LogP contribution in [0.25, 0.3) is 6.08 Å². The number of carbonyl (C=O) groups excluding carboxylic acids is 1. The Bertz CT molecular complexity index is 942. The third-order valence-electron chi connectivity index (χ3n) is 8.53. The molecule has 0 saturated heterocycles. The first-order valence-electron chi connectivity index (χ1n) is 12.5. The molecule has 0 aliphatic heterocycles. The Labute approximate surface area is 203 Å². The number of carboxylic acid groups (broad SMARTS) is 1. The van der Waals surface area contributed by atoms with E-state index in [0.717, 1.165) is 37.7 Å². The van der Waals surface area contributed by atoms with Crippen molar-refractivity contribution in [2.24, 2.45) is 28.6 Å². The minimum absolute atomic E-state index is 0.107. The van der Waals surface area contributed by atoms with Gasteiger partial charge in [-0.05, 0) is 86.0 Å². The van der Waals surface area contributed by atoms with Crippen molar-refractivity contribution in [3.8, 4) is 5.75 Å². The van der Waals surface area contributed by atoms with Crippen LogP contribution >= 0.6 is 0 Å². The number of fused-ring (bicyclic) bond motifs is 1. The van der Waals surface area contributed by atoms with Crippen molar-refractivity contribution in [1.82, 2.24) is 0 Å². The third-order valence-corrected chi connectivity index (χ3v) is 8.53. The second kappa shape index (κ2) is 10.4. The zero-order valence-electron chi connectivity index (χ0n) is 21.2. The molecule has 0 amide bonds. The first-order chi connectivity index (χ1) is 15.9. The smallest absolute Gasteiger partial charge is 0.331 e. The lowest BCUT2D eigenvalue weighted by Gasteiger charge is -2.59. The van der Waals surface area contributed by atoms with Gasteiger partial charge in [0.05, 0.1) is 0 Å². The maximum atomic E-state index is 12.6. The van der Waals surface area contributed by atoms with Gasteiger partial charge < -0.3 is 14.9 Å². The Morgan fingerprint density at radius 3 is 2.53 bits per heavy atom. The van der Waals surface area contributed by atoms with Crippen molar-refractivity contribution in [2.45, 2.75) is 79.2 Å². The highest BCUT2D eigenvalue weighted by atomic mass is 16.5. The Balaban J connectivity index is 1.69.